The highest BCUT2D eigenvalue weighted by Crippen LogP contribution is 2.35. The lowest BCUT2D eigenvalue weighted by Gasteiger charge is -2.33. The van der Waals surface area contributed by atoms with Crippen LogP contribution in [0.15, 0.2) is 53.4 Å². The van der Waals surface area contributed by atoms with Crippen LogP contribution in [0.2, 0.25) is 0 Å². The molecule has 3 rings (SSSR count). The second kappa shape index (κ2) is 6.12. The average Bonchev–Trinajstić information content (AvgIpc) is 2.53. The summed E-state index contributed by atoms with van der Waals surface area (Å²) < 4.78 is 13.1. The van der Waals surface area contributed by atoms with E-state index >= 15 is 0 Å². The van der Waals surface area contributed by atoms with E-state index in [4.69, 9.17) is 0 Å². The normalized spacial score (nSPS) is 22.6. The summed E-state index contributed by atoms with van der Waals surface area (Å²) in [5.74, 6) is 0. The number of fused-ring (bicyclic) bond motifs is 1. The number of hydrogen-bond donors (Lipinski definition) is 1. The Morgan fingerprint density at radius 1 is 1.10 bits per heavy atom. The Balaban J connectivity index is 1.96. The van der Waals surface area contributed by atoms with Gasteiger partial charge in [-0.2, -0.15) is 0 Å². The van der Waals surface area contributed by atoms with E-state index in [2.05, 4.69) is 29.6 Å². The van der Waals surface area contributed by atoms with Gasteiger partial charge in [0.2, 0.25) is 0 Å². The lowest BCUT2D eigenvalue weighted by Crippen LogP contribution is -2.37. The van der Waals surface area contributed by atoms with Gasteiger partial charge in [0.15, 0.2) is 0 Å². The first-order valence-electron chi connectivity index (χ1n) is 7.43. The molecule has 3 atom stereocenters. The number of benzene rings is 2. The van der Waals surface area contributed by atoms with Gasteiger partial charge in [0.05, 0.1) is 16.0 Å². The Kier molecular flexibility index (Phi) is 4.22. The highest BCUT2D eigenvalue weighted by Gasteiger charge is 2.33. The molecule has 0 aliphatic heterocycles. The van der Waals surface area contributed by atoms with Crippen molar-refractivity contribution >= 4 is 10.8 Å². The molecule has 0 saturated carbocycles. The van der Waals surface area contributed by atoms with Crippen LogP contribution in [0.25, 0.3) is 0 Å². The van der Waals surface area contributed by atoms with E-state index in [0.717, 1.165) is 23.3 Å². The van der Waals surface area contributed by atoms with Crippen LogP contribution in [0.5, 0.6) is 0 Å². The maximum atomic E-state index is 13.1. The smallest absolute Gasteiger partial charge is 0.0592 e. The van der Waals surface area contributed by atoms with Gasteiger partial charge in [0, 0.05) is 10.9 Å². The summed E-state index contributed by atoms with van der Waals surface area (Å²) in [7, 11) is 0.986. The predicted octanol–water partition coefficient (Wildman–Crippen LogP) is 3.38. The average molecular weight is 299 g/mol. The molecule has 0 bridgehead atoms. The maximum Gasteiger partial charge on any atom is 0.0592 e. The fourth-order valence-corrected chi connectivity index (χ4v) is 5.03. The zero-order valence-electron chi connectivity index (χ0n) is 12.5. The van der Waals surface area contributed by atoms with Crippen LogP contribution in [-0.2, 0) is 17.2 Å². The summed E-state index contributed by atoms with van der Waals surface area (Å²) in [5, 5.41) is 3.52. The Bertz CT molecular complexity index is 668. The molecule has 21 heavy (non-hydrogen) atoms. The fourth-order valence-electron chi connectivity index (χ4n) is 3.25. The number of nitrogens with one attached hydrogen (secondary N) is 1. The summed E-state index contributed by atoms with van der Waals surface area (Å²) in [6.45, 7) is 2.04. The van der Waals surface area contributed by atoms with Crippen molar-refractivity contribution in [2.75, 3.05) is 7.05 Å². The molecular formula is C18H21NOS. The van der Waals surface area contributed by atoms with Crippen LogP contribution < -0.4 is 5.32 Å². The van der Waals surface area contributed by atoms with Crippen LogP contribution in [-0.4, -0.2) is 16.5 Å². The van der Waals surface area contributed by atoms with Gasteiger partial charge in [-0.3, -0.25) is 4.21 Å². The van der Waals surface area contributed by atoms with E-state index in [-0.39, 0.29) is 11.3 Å². The molecule has 0 fully saturated rings. The third-order valence-corrected chi connectivity index (χ3v) is 6.31. The molecule has 1 aliphatic carbocycles. The zero-order valence-corrected chi connectivity index (χ0v) is 13.3. The van der Waals surface area contributed by atoms with Crippen LogP contribution >= 0.6 is 0 Å². The Hall–Kier alpha value is -1.45. The number of aryl methyl sites for hydroxylation is 2. The van der Waals surface area contributed by atoms with Crippen molar-refractivity contribution in [3.63, 3.8) is 0 Å². The lowest BCUT2D eigenvalue weighted by molar-refractivity contribution is 0.497. The van der Waals surface area contributed by atoms with Crippen molar-refractivity contribution in [3.8, 4) is 0 Å². The number of hydrogen-bond acceptors (Lipinski definition) is 2. The van der Waals surface area contributed by atoms with Gasteiger partial charge in [-0.25, -0.2) is 0 Å². The van der Waals surface area contributed by atoms with Crippen LogP contribution in [0.4, 0.5) is 0 Å². The molecule has 0 radical (unpaired) electrons. The van der Waals surface area contributed by atoms with E-state index in [1.54, 1.807) is 0 Å². The molecule has 0 heterocycles. The van der Waals surface area contributed by atoms with Gasteiger partial charge in [0.1, 0.15) is 0 Å². The van der Waals surface area contributed by atoms with Gasteiger partial charge < -0.3 is 5.32 Å². The third kappa shape index (κ3) is 2.68. The fraction of sp³-hybridized carbons (Fsp3) is 0.333. The lowest BCUT2D eigenvalue weighted by atomic mass is 9.87. The first-order valence-corrected chi connectivity index (χ1v) is 8.65. The van der Waals surface area contributed by atoms with Gasteiger partial charge in [0.25, 0.3) is 0 Å². The highest BCUT2D eigenvalue weighted by atomic mass is 32.2. The Labute approximate surface area is 129 Å². The third-order valence-electron chi connectivity index (χ3n) is 4.36. The quantitative estimate of drug-likeness (QED) is 0.941. The van der Waals surface area contributed by atoms with E-state index in [1.807, 2.05) is 38.2 Å². The monoisotopic (exact) mass is 299 g/mol. The topological polar surface area (TPSA) is 29.1 Å². The van der Waals surface area contributed by atoms with Crippen molar-refractivity contribution < 1.29 is 4.21 Å². The molecule has 110 valence electrons. The molecule has 0 aromatic heterocycles. The molecule has 2 aromatic rings. The number of rotatable bonds is 3. The molecule has 0 amide bonds. The Morgan fingerprint density at radius 2 is 1.81 bits per heavy atom. The summed E-state index contributed by atoms with van der Waals surface area (Å²) in [6, 6.07) is 16.7. The van der Waals surface area contributed by atoms with Crippen molar-refractivity contribution in [1.82, 2.24) is 5.32 Å². The molecular weight excluding hydrogens is 278 g/mol. The van der Waals surface area contributed by atoms with E-state index in [9.17, 15) is 4.21 Å². The summed E-state index contributed by atoms with van der Waals surface area (Å²) >= 11 is 0. The minimum absolute atomic E-state index is 0.131. The minimum Gasteiger partial charge on any atom is -0.312 e. The van der Waals surface area contributed by atoms with E-state index in [0.29, 0.717) is 0 Å². The second-order valence-corrected chi connectivity index (χ2v) is 7.25. The van der Waals surface area contributed by atoms with E-state index < -0.39 is 10.8 Å². The van der Waals surface area contributed by atoms with Crippen LogP contribution in [0.3, 0.4) is 0 Å². The summed E-state index contributed by atoms with van der Waals surface area (Å²) in [4.78, 5) is 0.974. The van der Waals surface area contributed by atoms with Gasteiger partial charge in [-0.05, 0) is 49.6 Å². The molecule has 3 unspecified atom stereocenters. The summed E-state index contributed by atoms with van der Waals surface area (Å²) in [6.07, 6.45) is 1.97. The molecule has 0 spiro atoms. The first-order chi connectivity index (χ1) is 10.2. The maximum absolute atomic E-state index is 13.1. The van der Waals surface area contributed by atoms with Crippen molar-refractivity contribution in [2.24, 2.45) is 0 Å². The zero-order chi connectivity index (χ0) is 14.8. The molecule has 2 aromatic carbocycles. The summed E-state index contributed by atoms with van der Waals surface area (Å²) in [5.41, 5.74) is 3.80. The Morgan fingerprint density at radius 3 is 2.57 bits per heavy atom. The van der Waals surface area contributed by atoms with E-state index in [1.165, 1.54) is 11.1 Å². The van der Waals surface area contributed by atoms with Gasteiger partial charge in [-0.15, -0.1) is 0 Å². The SMILES string of the molecule is CNC1c2ccccc2CCC1S(=O)c1ccccc1C. The predicted molar refractivity (Wildman–Crippen MR) is 87.9 cm³/mol. The standard InChI is InChI=1S/C18H21NOS/c1-13-7-3-6-10-16(13)21(20)17-12-11-14-8-4-5-9-15(14)18(17)19-2/h3-10,17-19H,11-12H2,1-2H3. The van der Waals surface area contributed by atoms with Crippen LogP contribution in [0.1, 0.15) is 29.2 Å². The minimum atomic E-state index is -0.981. The van der Waals surface area contributed by atoms with Crippen molar-refractivity contribution in [3.05, 3.63) is 65.2 Å². The van der Waals surface area contributed by atoms with Gasteiger partial charge in [-0.1, -0.05) is 42.5 Å². The first kappa shape index (κ1) is 14.5. The molecule has 1 aliphatic rings. The molecule has 3 heteroatoms. The van der Waals surface area contributed by atoms with Crippen molar-refractivity contribution in [2.45, 2.75) is 36.0 Å². The van der Waals surface area contributed by atoms with Crippen molar-refractivity contribution in [1.29, 1.82) is 0 Å². The highest BCUT2D eigenvalue weighted by molar-refractivity contribution is 7.85. The van der Waals surface area contributed by atoms with Crippen LogP contribution in [0, 0.1) is 6.92 Å². The molecule has 1 N–H and O–H groups in total. The largest absolute Gasteiger partial charge is 0.312 e. The van der Waals surface area contributed by atoms with Gasteiger partial charge >= 0.3 is 0 Å². The second-order valence-electron chi connectivity index (χ2n) is 5.61. The molecule has 0 saturated heterocycles. The molecule has 2 nitrogen and oxygen atoms in total.